The highest BCUT2D eigenvalue weighted by Gasteiger charge is 2.33. The Morgan fingerprint density at radius 3 is 2.50 bits per heavy atom. The van der Waals surface area contributed by atoms with Crippen molar-refractivity contribution in [2.45, 2.75) is 25.4 Å². The minimum absolute atomic E-state index is 0.0375. The molecule has 0 bridgehead atoms. The van der Waals surface area contributed by atoms with Crippen LogP contribution in [-0.2, 0) is 11.0 Å². The zero-order chi connectivity index (χ0) is 17.9. The lowest BCUT2D eigenvalue weighted by atomic mass is 9.95. The van der Waals surface area contributed by atoms with Crippen molar-refractivity contribution in [2.24, 2.45) is 5.73 Å². The molecular weight excluding hydrogens is 359 g/mol. The summed E-state index contributed by atoms with van der Waals surface area (Å²) in [5.41, 5.74) is 5.71. The number of nitrogens with zero attached hydrogens (tertiary/aromatic N) is 1. The van der Waals surface area contributed by atoms with Gasteiger partial charge in [0.25, 0.3) is 0 Å². The van der Waals surface area contributed by atoms with E-state index in [-0.39, 0.29) is 17.5 Å². The maximum absolute atomic E-state index is 12.5. The van der Waals surface area contributed by atoms with Crippen molar-refractivity contribution in [3.05, 3.63) is 40.9 Å². The predicted octanol–water partition coefficient (Wildman–Crippen LogP) is 4.25. The fraction of sp³-hybridized carbons (Fsp3) is 0.267. The summed E-state index contributed by atoms with van der Waals surface area (Å²) in [6.45, 7) is 1.87. The molecule has 128 valence electrons. The smallest absolute Gasteiger partial charge is 0.369 e. The highest BCUT2D eigenvalue weighted by molar-refractivity contribution is 7.80. The molecular formula is C15H14F3N3OS2. The van der Waals surface area contributed by atoms with E-state index in [1.54, 1.807) is 24.3 Å². The monoisotopic (exact) mass is 373 g/mol. The minimum Gasteiger partial charge on any atom is -0.369 e. The Labute approximate surface area is 145 Å². The van der Waals surface area contributed by atoms with Gasteiger partial charge in [0.05, 0.1) is 6.42 Å². The number of aromatic nitrogens is 1. The van der Waals surface area contributed by atoms with E-state index in [1.165, 1.54) is 0 Å². The number of nitrogens with two attached hydrogens (primary N) is 1. The van der Waals surface area contributed by atoms with Crippen molar-refractivity contribution in [3.8, 4) is 0 Å². The lowest BCUT2D eigenvalue weighted by Gasteiger charge is -2.13. The van der Waals surface area contributed by atoms with Gasteiger partial charge in [0.2, 0.25) is 5.91 Å². The van der Waals surface area contributed by atoms with Gasteiger partial charge in [0.15, 0.2) is 10.8 Å². The average Bonchev–Trinajstić information content (AvgIpc) is 2.95. The van der Waals surface area contributed by atoms with E-state index in [1.807, 2.05) is 6.92 Å². The van der Waals surface area contributed by atoms with Gasteiger partial charge in [-0.2, -0.15) is 13.2 Å². The first-order valence-electron chi connectivity index (χ1n) is 6.87. The van der Waals surface area contributed by atoms with Crippen LogP contribution in [0.3, 0.4) is 0 Å². The van der Waals surface area contributed by atoms with Crippen LogP contribution in [0.5, 0.6) is 0 Å². The number of benzene rings is 1. The van der Waals surface area contributed by atoms with Gasteiger partial charge < -0.3 is 11.1 Å². The van der Waals surface area contributed by atoms with Crippen LogP contribution in [0.2, 0.25) is 0 Å². The highest BCUT2D eigenvalue weighted by Crippen LogP contribution is 2.32. The molecule has 0 saturated carbocycles. The molecule has 4 nitrogen and oxygen atoms in total. The van der Waals surface area contributed by atoms with Crippen molar-refractivity contribution < 1.29 is 18.0 Å². The second kappa shape index (κ2) is 7.27. The predicted molar refractivity (Wildman–Crippen MR) is 91.7 cm³/mol. The molecule has 0 fully saturated rings. The standard InChI is InChI=1S/C15H14F3N3OS2/c1-8(11(23)6-13(19)22)9-2-4-10(5-3-9)20-14-21-12(7-24-14)15(16,17)18/h2-5,7-8H,6H2,1H3,(H2,19,22)(H,20,21)/t8-/m1/s1. The molecule has 0 aliphatic heterocycles. The molecule has 24 heavy (non-hydrogen) atoms. The number of hydrogen-bond donors (Lipinski definition) is 2. The fourth-order valence-electron chi connectivity index (χ4n) is 1.95. The lowest BCUT2D eigenvalue weighted by Crippen LogP contribution is -2.18. The summed E-state index contributed by atoms with van der Waals surface area (Å²) in [6, 6.07) is 7.01. The number of carbonyl (C=O) groups is 1. The SMILES string of the molecule is C[C@@H](C(=S)CC(N)=O)c1ccc(Nc2nc(C(F)(F)F)cs2)cc1. The molecule has 1 atom stereocenters. The lowest BCUT2D eigenvalue weighted by molar-refractivity contribution is -0.140. The van der Waals surface area contributed by atoms with Gasteiger partial charge in [-0.1, -0.05) is 31.3 Å². The zero-order valence-electron chi connectivity index (χ0n) is 12.6. The summed E-state index contributed by atoms with van der Waals surface area (Å²) in [6.07, 6.45) is -4.42. The molecule has 1 aromatic carbocycles. The van der Waals surface area contributed by atoms with Crippen LogP contribution in [0, 0.1) is 0 Å². The van der Waals surface area contributed by atoms with E-state index in [0.29, 0.717) is 10.6 Å². The largest absolute Gasteiger partial charge is 0.434 e. The number of thiocarbonyl (C=S) groups is 1. The Morgan fingerprint density at radius 1 is 1.38 bits per heavy atom. The maximum Gasteiger partial charge on any atom is 0.434 e. The Kier molecular flexibility index (Phi) is 5.55. The summed E-state index contributed by atoms with van der Waals surface area (Å²) >= 11 is 6.06. The summed E-state index contributed by atoms with van der Waals surface area (Å²) in [5.74, 6) is -0.604. The topological polar surface area (TPSA) is 68.0 Å². The van der Waals surface area contributed by atoms with Crippen molar-refractivity contribution >= 4 is 45.1 Å². The number of alkyl halides is 3. The minimum atomic E-state index is -4.45. The van der Waals surface area contributed by atoms with Gasteiger partial charge in [-0.05, 0) is 17.7 Å². The summed E-state index contributed by atoms with van der Waals surface area (Å²) in [7, 11) is 0. The molecule has 3 N–H and O–H groups in total. The second-order valence-electron chi connectivity index (χ2n) is 5.11. The molecule has 0 saturated heterocycles. The summed E-state index contributed by atoms with van der Waals surface area (Å²) < 4.78 is 37.6. The van der Waals surface area contributed by atoms with E-state index in [0.717, 1.165) is 22.3 Å². The van der Waals surface area contributed by atoms with Gasteiger partial charge >= 0.3 is 6.18 Å². The van der Waals surface area contributed by atoms with Crippen LogP contribution in [0.4, 0.5) is 24.0 Å². The normalized spacial score (nSPS) is 12.7. The average molecular weight is 373 g/mol. The number of primary amides is 1. The molecule has 0 aliphatic rings. The molecule has 0 radical (unpaired) electrons. The molecule has 1 aromatic heterocycles. The fourth-order valence-corrected chi connectivity index (χ4v) is 2.97. The molecule has 9 heteroatoms. The number of halogens is 3. The molecule has 1 heterocycles. The molecule has 0 spiro atoms. The third-order valence-electron chi connectivity index (χ3n) is 3.29. The van der Waals surface area contributed by atoms with Crippen LogP contribution in [-0.4, -0.2) is 15.8 Å². The number of nitrogens with one attached hydrogen (secondary N) is 1. The van der Waals surface area contributed by atoms with Gasteiger partial charge in [0.1, 0.15) is 0 Å². The molecule has 2 aromatic rings. The van der Waals surface area contributed by atoms with Gasteiger partial charge in [0, 0.05) is 21.8 Å². The second-order valence-corrected chi connectivity index (χ2v) is 6.50. The molecule has 0 aliphatic carbocycles. The first-order valence-corrected chi connectivity index (χ1v) is 8.16. The number of amides is 1. The van der Waals surface area contributed by atoms with Crippen molar-refractivity contribution in [1.82, 2.24) is 4.98 Å². The maximum atomic E-state index is 12.5. The number of hydrogen-bond acceptors (Lipinski definition) is 5. The molecule has 2 rings (SSSR count). The van der Waals surface area contributed by atoms with Crippen molar-refractivity contribution in [2.75, 3.05) is 5.32 Å². The Morgan fingerprint density at radius 2 is 2.00 bits per heavy atom. The van der Waals surface area contributed by atoms with Crippen LogP contribution in [0.25, 0.3) is 0 Å². The van der Waals surface area contributed by atoms with Crippen molar-refractivity contribution in [1.29, 1.82) is 0 Å². The van der Waals surface area contributed by atoms with Gasteiger partial charge in [-0.3, -0.25) is 4.79 Å². The first-order chi connectivity index (χ1) is 11.2. The van der Waals surface area contributed by atoms with E-state index >= 15 is 0 Å². The molecule has 0 unspecified atom stereocenters. The first kappa shape index (κ1) is 18.3. The zero-order valence-corrected chi connectivity index (χ0v) is 14.2. The quantitative estimate of drug-likeness (QED) is 0.743. The van der Waals surface area contributed by atoms with Crippen molar-refractivity contribution in [3.63, 3.8) is 0 Å². The third-order valence-corrected chi connectivity index (χ3v) is 4.54. The van der Waals surface area contributed by atoms with Gasteiger partial charge in [-0.15, -0.1) is 11.3 Å². The van der Waals surface area contributed by atoms with Crippen LogP contribution >= 0.6 is 23.6 Å². The van der Waals surface area contributed by atoms with Crippen LogP contribution < -0.4 is 11.1 Å². The van der Waals surface area contributed by atoms with Crippen LogP contribution in [0.1, 0.15) is 30.5 Å². The third kappa shape index (κ3) is 4.75. The Bertz CT molecular complexity index is 741. The van der Waals surface area contributed by atoms with Crippen LogP contribution in [0.15, 0.2) is 29.6 Å². The van der Waals surface area contributed by atoms with E-state index < -0.39 is 17.8 Å². The van der Waals surface area contributed by atoms with E-state index in [4.69, 9.17) is 18.0 Å². The number of rotatable bonds is 6. The van der Waals surface area contributed by atoms with E-state index in [9.17, 15) is 18.0 Å². The number of anilines is 2. The Balaban J connectivity index is 2.05. The summed E-state index contributed by atoms with van der Waals surface area (Å²) in [5, 5.41) is 3.94. The number of carbonyl (C=O) groups excluding carboxylic acids is 1. The van der Waals surface area contributed by atoms with E-state index in [2.05, 4.69) is 10.3 Å². The Hall–Kier alpha value is -2.00. The van der Waals surface area contributed by atoms with Gasteiger partial charge in [-0.25, -0.2) is 4.98 Å². The molecule has 1 amide bonds. The summed E-state index contributed by atoms with van der Waals surface area (Å²) in [4.78, 5) is 15.0. The highest BCUT2D eigenvalue weighted by atomic mass is 32.1. The number of thiazole rings is 1.